The van der Waals surface area contributed by atoms with Crippen molar-refractivity contribution in [3.05, 3.63) is 237 Å². The van der Waals surface area contributed by atoms with Gasteiger partial charge in [-0.2, -0.15) is 0 Å². The van der Waals surface area contributed by atoms with Crippen LogP contribution in [0.25, 0.3) is 112 Å². The Morgan fingerprint density at radius 3 is 1.20 bits per heavy atom. The Kier molecular flexibility index (Phi) is 10.2. The van der Waals surface area contributed by atoms with Crippen molar-refractivity contribution in [3.63, 3.8) is 0 Å². The predicted octanol–water partition coefficient (Wildman–Crippen LogP) is 14.8. The summed E-state index contributed by atoms with van der Waals surface area (Å²) in [6, 6.07) is 81.9. The first-order valence-electron chi connectivity index (χ1n) is 21.4. The summed E-state index contributed by atoms with van der Waals surface area (Å²) in [5, 5.41) is 2.32. The van der Waals surface area contributed by atoms with Gasteiger partial charge < -0.3 is 0 Å². The van der Waals surface area contributed by atoms with Crippen LogP contribution in [0.15, 0.2) is 237 Å². The SMILES string of the molecule is c1ccc(-c2cc(-c3ccc(-c4ccccc4-c4c(-c5ccccc5-c5nc(-c6ccccc6)nc(-c6ccccc6)n5)ccc5ccccc45)cc3)nc(-c3ccccc3)n2)cc1. The molecule has 0 radical (unpaired) electrons. The molecule has 0 fully saturated rings. The van der Waals surface area contributed by atoms with Crippen LogP contribution in [0, 0.1) is 0 Å². The first-order chi connectivity index (χ1) is 31.7. The van der Waals surface area contributed by atoms with Crippen LogP contribution in [0.2, 0.25) is 0 Å². The van der Waals surface area contributed by atoms with E-state index in [2.05, 4.69) is 140 Å². The topological polar surface area (TPSA) is 64.5 Å². The Hall–Kier alpha value is -8.67. The summed E-state index contributed by atoms with van der Waals surface area (Å²) in [7, 11) is 0. The molecule has 0 saturated carbocycles. The van der Waals surface area contributed by atoms with Gasteiger partial charge in [-0.15, -0.1) is 0 Å². The fourth-order valence-corrected chi connectivity index (χ4v) is 8.47. The van der Waals surface area contributed by atoms with E-state index in [1.54, 1.807) is 0 Å². The molecular formula is C59H39N5. The van der Waals surface area contributed by atoms with Gasteiger partial charge in [0, 0.05) is 33.4 Å². The van der Waals surface area contributed by atoms with Crippen LogP contribution in [0.1, 0.15) is 0 Å². The minimum absolute atomic E-state index is 0.613. The van der Waals surface area contributed by atoms with E-state index in [0.717, 1.165) is 88.9 Å². The van der Waals surface area contributed by atoms with Crippen molar-refractivity contribution in [3.8, 4) is 101 Å². The van der Waals surface area contributed by atoms with Crippen molar-refractivity contribution in [1.29, 1.82) is 0 Å². The van der Waals surface area contributed by atoms with Gasteiger partial charge in [0.05, 0.1) is 11.4 Å². The highest BCUT2D eigenvalue weighted by molar-refractivity contribution is 6.08. The molecule has 5 heteroatoms. The van der Waals surface area contributed by atoms with E-state index >= 15 is 0 Å². The lowest BCUT2D eigenvalue weighted by Crippen LogP contribution is -2.01. The summed E-state index contributed by atoms with van der Waals surface area (Å²) in [6.45, 7) is 0. The van der Waals surface area contributed by atoms with Crippen molar-refractivity contribution in [1.82, 2.24) is 24.9 Å². The maximum Gasteiger partial charge on any atom is 0.164 e. The molecule has 0 saturated heterocycles. The Balaban J connectivity index is 1.05. The molecular weight excluding hydrogens is 779 g/mol. The van der Waals surface area contributed by atoms with Crippen molar-refractivity contribution in [2.45, 2.75) is 0 Å². The Bertz CT molecular complexity index is 3290. The van der Waals surface area contributed by atoms with Crippen LogP contribution in [0.5, 0.6) is 0 Å². The summed E-state index contributed by atoms with van der Waals surface area (Å²) >= 11 is 0. The molecule has 0 aliphatic carbocycles. The average molecular weight is 818 g/mol. The quantitative estimate of drug-likeness (QED) is 0.145. The lowest BCUT2D eigenvalue weighted by molar-refractivity contribution is 1.07. The first-order valence-corrected chi connectivity index (χ1v) is 21.4. The Morgan fingerprint density at radius 1 is 0.219 bits per heavy atom. The van der Waals surface area contributed by atoms with Gasteiger partial charge in [0.15, 0.2) is 23.3 Å². The number of hydrogen-bond donors (Lipinski definition) is 0. The van der Waals surface area contributed by atoms with E-state index in [4.69, 9.17) is 24.9 Å². The summed E-state index contributed by atoms with van der Waals surface area (Å²) < 4.78 is 0. The highest BCUT2D eigenvalue weighted by Gasteiger charge is 2.21. The van der Waals surface area contributed by atoms with E-state index in [9.17, 15) is 0 Å². The van der Waals surface area contributed by atoms with Crippen molar-refractivity contribution in [2.24, 2.45) is 0 Å². The van der Waals surface area contributed by atoms with Crippen molar-refractivity contribution >= 4 is 10.8 Å². The highest BCUT2D eigenvalue weighted by Crippen LogP contribution is 2.45. The second kappa shape index (κ2) is 17.0. The predicted molar refractivity (Wildman–Crippen MR) is 262 cm³/mol. The van der Waals surface area contributed by atoms with Gasteiger partial charge in [0.25, 0.3) is 0 Å². The van der Waals surface area contributed by atoms with E-state index in [1.165, 1.54) is 0 Å². The minimum Gasteiger partial charge on any atom is -0.228 e. The molecule has 2 aromatic heterocycles. The van der Waals surface area contributed by atoms with Crippen LogP contribution in [-0.2, 0) is 0 Å². The number of hydrogen-bond acceptors (Lipinski definition) is 5. The summed E-state index contributed by atoms with van der Waals surface area (Å²) in [5.74, 6) is 2.56. The minimum atomic E-state index is 0.613. The van der Waals surface area contributed by atoms with Crippen molar-refractivity contribution in [2.75, 3.05) is 0 Å². The number of nitrogens with zero attached hydrogens (tertiary/aromatic N) is 5. The first kappa shape index (κ1) is 38.3. The molecule has 2 heterocycles. The van der Waals surface area contributed by atoms with Crippen LogP contribution in [-0.4, -0.2) is 24.9 Å². The molecule has 0 aliphatic rings. The normalized spacial score (nSPS) is 11.1. The van der Waals surface area contributed by atoms with Gasteiger partial charge in [-0.25, -0.2) is 24.9 Å². The molecule has 64 heavy (non-hydrogen) atoms. The van der Waals surface area contributed by atoms with Crippen LogP contribution >= 0.6 is 0 Å². The molecule has 9 aromatic carbocycles. The zero-order valence-electron chi connectivity index (χ0n) is 34.8. The third kappa shape index (κ3) is 7.52. The van der Waals surface area contributed by atoms with E-state index in [-0.39, 0.29) is 0 Å². The monoisotopic (exact) mass is 817 g/mol. The zero-order valence-corrected chi connectivity index (χ0v) is 34.8. The Labute approximate surface area is 372 Å². The molecule has 0 spiro atoms. The molecule has 0 N–H and O–H groups in total. The smallest absolute Gasteiger partial charge is 0.164 e. The number of fused-ring (bicyclic) bond motifs is 1. The van der Waals surface area contributed by atoms with Gasteiger partial charge in [0.1, 0.15) is 0 Å². The lowest BCUT2D eigenvalue weighted by Gasteiger charge is -2.19. The van der Waals surface area contributed by atoms with Crippen LogP contribution in [0.4, 0.5) is 0 Å². The molecule has 300 valence electrons. The third-order valence-corrected chi connectivity index (χ3v) is 11.6. The number of rotatable bonds is 9. The van der Waals surface area contributed by atoms with Gasteiger partial charge in [-0.3, -0.25) is 0 Å². The van der Waals surface area contributed by atoms with E-state index in [1.807, 2.05) is 97.1 Å². The standard InChI is InChI=1S/C59H39N5/c1-5-20-42(21-6-1)53-39-54(61-56(60-53)44-22-7-2-8-23-44)43-35-33-41(34-36-43)47-28-15-17-31-50(47)55-48-29-14-13-19-40(48)37-38-51(55)49-30-16-18-32-52(49)59-63-57(45-24-9-3-10-25-45)62-58(64-59)46-26-11-4-12-27-46/h1-39H. The maximum atomic E-state index is 5.16. The van der Waals surface area contributed by atoms with E-state index < -0.39 is 0 Å². The van der Waals surface area contributed by atoms with Crippen molar-refractivity contribution < 1.29 is 0 Å². The van der Waals surface area contributed by atoms with Crippen LogP contribution < -0.4 is 0 Å². The number of aromatic nitrogens is 5. The fourth-order valence-electron chi connectivity index (χ4n) is 8.47. The summed E-state index contributed by atoms with van der Waals surface area (Å²) in [4.78, 5) is 25.4. The number of benzene rings is 9. The van der Waals surface area contributed by atoms with E-state index in [0.29, 0.717) is 23.3 Å². The largest absolute Gasteiger partial charge is 0.228 e. The molecule has 11 rings (SSSR count). The van der Waals surface area contributed by atoms with Gasteiger partial charge in [-0.05, 0) is 50.2 Å². The second-order valence-corrected chi connectivity index (χ2v) is 15.6. The zero-order chi connectivity index (χ0) is 42.7. The van der Waals surface area contributed by atoms with Crippen LogP contribution in [0.3, 0.4) is 0 Å². The molecule has 0 unspecified atom stereocenters. The van der Waals surface area contributed by atoms with Gasteiger partial charge in [-0.1, -0.05) is 231 Å². The lowest BCUT2D eigenvalue weighted by atomic mass is 9.84. The maximum absolute atomic E-state index is 5.16. The highest BCUT2D eigenvalue weighted by atomic mass is 15.0. The van der Waals surface area contributed by atoms with Gasteiger partial charge >= 0.3 is 0 Å². The molecule has 0 bridgehead atoms. The molecule has 5 nitrogen and oxygen atoms in total. The average Bonchev–Trinajstić information content (AvgIpc) is 3.39. The molecule has 11 aromatic rings. The third-order valence-electron chi connectivity index (χ3n) is 11.6. The molecule has 0 atom stereocenters. The molecule has 0 aliphatic heterocycles. The fraction of sp³-hybridized carbons (Fsp3) is 0. The second-order valence-electron chi connectivity index (χ2n) is 15.6. The van der Waals surface area contributed by atoms with Gasteiger partial charge in [0.2, 0.25) is 0 Å². The summed E-state index contributed by atoms with van der Waals surface area (Å²) in [5.41, 5.74) is 14.2. The summed E-state index contributed by atoms with van der Waals surface area (Å²) in [6.07, 6.45) is 0. The Morgan fingerprint density at radius 2 is 0.625 bits per heavy atom. The molecule has 0 amide bonds.